The predicted molar refractivity (Wildman–Crippen MR) is 29.6 cm³/mol. The fourth-order valence-electron chi connectivity index (χ4n) is 0.286. The Labute approximate surface area is 47.4 Å². The summed E-state index contributed by atoms with van der Waals surface area (Å²) in [6.45, 7) is 0. The molecule has 1 aliphatic rings. The second-order valence-electron chi connectivity index (χ2n) is 1.14. The average Bonchev–Trinajstić information content (AvgIpc) is 1.31. The van der Waals surface area contributed by atoms with Crippen molar-refractivity contribution in [2.75, 3.05) is 0 Å². The summed E-state index contributed by atoms with van der Waals surface area (Å²) in [6, 6.07) is 0. The minimum absolute atomic E-state index is 0. The van der Waals surface area contributed by atoms with Gasteiger partial charge >= 0.3 is 41.3 Å². The molecule has 2 N–H and O–H groups in total. The van der Waals surface area contributed by atoms with Crippen LogP contribution in [0.4, 0.5) is 0 Å². The van der Waals surface area contributed by atoms with E-state index >= 15 is 0 Å². The Balaban J connectivity index is 0.000000360. The molecule has 3 heteroatoms. The van der Waals surface area contributed by atoms with Gasteiger partial charge in [0.15, 0.2) is 0 Å². The predicted octanol–water partition coefficient (Wildman–Crippen LogP) is -1.24. The maximum absolute atomic E-state index is 9.72. The van der Waals surface area contributed by atoms with Crippen molar-refractivity contribution < 1.29 is 10.3 Å². The third-order valence-corrected chi connectivity index (χ3v) is 1.81. The summed E-state index contributed by atoms with van der Waals surface area (Å²) in [5, 5.41) is 0. The van der Waals surface area contributed by atoms with E-state index in [1.807, 2.05) is 11.0 Å². The number of carbonyl (C=O) groups is 1. The molecule has 0 aliphatic carbocycles. The zero-order valence-electron chi connectivity index (χ0n) is 3.72. The zero-order valence-corrected chi connectivity index (χ0v) is 4.87. The van der Waals surface area contributed by atoms with Crippen LogP contribution in [-0.2, 0) is 4.79 Å². The molecule has 0 spiro atoms. The third-order valence-electron chi connectivity index (χ3n) is 0.713. The summed E-state index contributed by atoms with van der Waals surface area (Å²) in [4.78, 5) is 11.8. The van der Waals surface area contributed by atoms with Crippen molar-refractivity contribution in [3.05, 3.63) is 11.0 Å². The molecular formula is C4H5AlO2. The quantitative estimate of drug-likeness (QED) is 0.309. The summed E-state index contributed by atoms with van der Waals surface area (Å²) >= 11 is 0.284. The van der Waals surface area contributed by atoms with E-state index in [1.54, 1.807) is 0 Å². The maximum atomic E-state index is 9.72. The summed E-state index contributed by atoms with van der Waals surface area (Å²) in [5.41, 5.74) is 0. The van der Waals surface area contributed by atoms with Crippen molar-refractivity contribution in [3.63, 3.8) is 0 Å². The normalized spacial score (nSPS) is 12.3. The number of hydrogen-bond acceptors (Lipinski definition) is 1. The molecule has 1 heterocycles. The molecule has 36 valence electrons. The van der Waals surface area contributed by atoms with Gasteiger partial charge in [0.1, 0.15) is 0 Å². The monoisotopic (exact) mass is 112 g/mol. The van der Waals surface area contributed by atoms with E-state index < -0.39 is 0 Å². The summed E-state index contributed by atoms with van der Waals surface area (Å²) in [6.07, 6.45) is 2.79. The number of rotatable bonds is 1. The van der Waals surface area contributed by atoms with Crippen molar-refractivity contribution >= 4 is 25.4 Å². The molecule has 0 radical (unpaired) electrons. The van der Waals surface area contributed by atoms with Gasteiger partial charge in [-0.25, -0.2) is 0 Å². The van der Waals surface area contributed by atoms with Gasteiger partial charge in [0.05, 0.1) is 0 Å². The van der Waals surface area contributed by atoms with Crippen LogP contribution in [0, 0.1) is 0 Å². The molecular weight excluding hydrogens is 107 g/mol. The third kappa shape index (κ3) is 1.36. The standard InChI is InChI=1S/C4H3O.Al.H2O/c1-2-3-4-5;;/h1-2,4H;;1H2. The van der Waals surface area contributed by atoms with Crippen molar-refractivity contribution in [2.24, 2.45) is 0 Å². The summed E-state index contributed by atoms with van der Waals surface area (Å²) < 4.78 is 0.995. The molecule has 7 heavy (non-hydrogen) atoms. The molecule has 0 saturated carbocycles. The van der Waals surface area contributed by atoms with Gasteiger partial charge in [-0.05, 0) is 0 Å². The first-order valence-electron chi connectivity index (χ1n) is 1.77. The van der Waals surface area contributed by atoms with Crippen molar-refractivity contribution in [1.82, 2.24) is 0 Å². The number of hydrogen-bond donors (Lipinski definition) is 0. The second-order valence-corrected chi connectivity index (χ2v) is 2.53. The molecule has 0 fully saturated rings. The van der Waals surface area contributed by atoms with Crippen molar-refractivity contribution in [3.8, 4) is 0 Å². The number of carbonyl (C=O) groups excluding carboxylic acids is 1. The van der Waals surface area contributed by atoms with Crippen LogP contribution in [-0.4, -0.2) is 30.9 Å². The van der Waals surface area contributed by atoms with E-state index in [1.165, 1.54) is 0 Å². The van der Waals surface area contributed by atoms with E-state index in [4.69, 9.17) is 0 Å². The molecule has 1 aliphatic heterocycles. The van der Waals surface area contributed by atoms with Crippen LogP contribution in [0.25, 0.3) is 0 Å². The van der Waals surface area contributed by atoms with Gasteiger partial charge in [-0.15, -0.1) is 0 Å². The van der Waals surface area contributed by atoms with Gasteiger partial charge in [-0.3, -0.25) is 0 Å². The molecule has 0 aromatic carbocycles. The van der Waals surface area contributed by atoms with Crippen LogP contribution < -0.4 is 0 Å². The van der Waals surface area contributed by atoms with E-state index in [2.05, 4.69) is 0 Å². The molecule has 0 aromatic heterocycles. The van der Waals surface area contributed by atoms with Gasteiger partial charge in [-0.2, -0.15) is 0 Å². The number of aldehydes is 1. The van der Waals surface area contributed by atoms with Crippen molar-refractivity contribution in [2.45, 2.75) is 0 Å². The van der Waals surface area contributed by atoms with Crippen LogP contribution in [0.5, 0.6) is 0 Å². The zero-order chi connectivity index (χ0) is 4.41. The molecule has 0 saturated heterocycles. The molecule has 0 bridgehead atoms. The molecule has 2 nitrogen and oxygen atoms in total. The van der Waals surface area contributed by atoms with Crippen LogP contribution >= 0.6 is 0 Å². The van der Waals surface area contributed by atoms with Crippen LogP contribution in [0.2, 0.25) is 0 Å². The Morgan fingerprint density at radius 1 is 1.71 bits per heavy atom. The van der Waals surface area contributed by atoms with Gasteiger partial charge in [0.2, 0.25) is 0 Å². The Hall–Kier alpha value is -0.228. The summed E-state index contributed by atoms with van der Waals surface area (Å²) in [5.74, 6) is 0. The molecule has 1 rings (SSSR count). The van der Waals surface area contributed by atoms with E-state index in [0.29, 0.717) is 0 Å². The van der Waals surface area contributed by atoms with Gasteiger partial charge in [-0.1, -0.05) is 0 Å². The van der Waals surface area contributed by atoms with Crippen LogP contribution in [0.1, 0.15) is 0 Å². The Bertz CT molecular complexity index is 122. The van der Waals surface area contributed by atoms with Gasteiger partial charge in [0, 0.05) is 0 Å². The molecule has 0 amide bonds. The van der Waals surface area contributed by atoms with E-state index in [0.717, 1.165) is 10.7 Å². The SMILES string of the molecule is O.O=C[C]1=[Al][CH]=C1. The Morgan fingerprint density at radius 2 is 2.29 bits per heavy atom. The van der Waals surface area contributed by atoms with Crippen LogP contribution in [0.3, 0.4) is 0 Å². The Kier molecular flexibility index (Phi) is 2.77. The minimum atomic E-state index is 0. The number of allylic oxidation sites excluding steroid dienone is 1. The fourth-order valence-corrected chi connectivity index (χ4v) is 0.779. The topological polar surface area (TPSA) is 48.6 Å². The molecule has 0 aromatic rings. The summed E-state index contributed by atoms with van der Waals surface area (Å²) in [7, 11) is 0. The second kappa shape index (κ2) is 2.87. The first kappa shape index (κ1) is 6.77. The van der Waals surface area contributed by atoms with Crippen molar-refractivity contribution in [1.29, 1.82) is 0 Å². The first-order chi connectivity index (χ1) is 2.93. The van der Waals surface area contributed by atoms with Crippen LogP contribution in [0.15, 0.2) is 11.0 Å². The fraction of sp³-hybridized carbons (Fsp3) is 0. The first-order valence-corrected chi connectivity index (χ1v) is 3.01. The molecule has 0 atom stereocenters. The molecule has 0 unspecified atom stereocenters. The van der Waals surface area contributed by atoms with Gasteiger partial charge in [0.25, 0.3) is 0 Å². The average molecular weight is 112 g/mol. The van der Waals surface area contributed by atoms with E-state index in [-0.39, 0.29) is 20.3 Å². The van der Waals surface area contributed by atoms with Gasteiger partial charge < -0.3 is 5.48 Å². The van der Waals surface area contributed by atoms with E-state index in [9.17, 15) is 4.79 Å². The Morgan fingerprint density at radius 3 is 2.29 bits per heavy atom.